The molecule has 0 heterocycles. The highest BCUT2D eigenvalue weighted by atomic mass is 16.5. The number of rotatable bonds is 8. The molecular weight excluding hydrogens is 334 g/mol. The third-order valence-electron chi connectivity index (χ3n) is 3.55. The maximum absolute atomic E-state index is 12.1. The molecule has 0 bridgehead atoms. The van der Waals surface area contributed by atoms with Gasteiger partial charge >= 0.3 is 5.97 Å². The molecule has 1 N–H and O–H groups in total. The predicted molar refractivity (Wildman–Crippen MR) is 95.8 cm³/mol. The van der Waals surface area contributed by atoms with E-state index >= 15 is 0 Å². The molecule has 2 rings (SSSR count). The van der Waals surface area contributed by atoms with Gasteiger partial charge in [-0.15, -0.1) is 0 Å². The Hall–Kier alpha value is -3.15. The Kier molecular flexibility index (Phi) is 6.91. The number of amides is 1. The van der Waals surface area contributed by atoms with Crippen LogP contribution in [0, 0.1) is 0 Å². The monoisotopic (exact) mass is 355 g/mol. The van der Waals surface area contributed by atoms with Crippen molar-refractivity contribution in [1.29, 1.82) is 0 Å². The lowest BCUT2D eigenvalue weighted by Gasteiger charge is -2.11. The van der Waals surface area contributed by atoms with Crippen LogP contribution in [0.3, 0.4) is 0 Å². The van der Waals surface area contributed by atoms with Gasteiger partial charge in [0.2, 0.25) is 5.78 Å². The van der Waals surface area contributed by atoms with E-state index in [4.69, 9.17) is 9.47 Å². The second kappa shape index (κ2) is 9.36. The summed E-state index contributed by atoms with van der Waals surface area (Å²) >= 11 is 0. The summed E-state index contributed by atoms with van der Waals surface area (Å²) in [5, 5.41) is 2.77. The minimum atomic E-state index is -0.844. The fraction of sp³-hybridized carbons (Fsp3) is 0.250. The molecular formula is C20H21NO5. The van der Waals surface area contributed by atoms with Crippen LogP contribution in [-0.2, 0) is 20.9 Å². The third-order valence-corrected chi connectivity index (χ3v) is 3.55. The zero-order valence-electron chi connectivity index (χ0n) is 14.7. The molecule has 1 atom stereocenters. The molecule has 0 saturated carbocycles. The number of hydrogen-bond donors (Lipinski definition) is 1. The molecule has 6 heteroatoms. The van der Waals surface area contributed by atoms with Gasteiger partial charge in [-0.2, -0.15) is 0 Å². The van der Waals surface area contributed by atoms with Crippen LogP contribution in [0.15, 0.2) is 54.6 Å². The quantitative estimate of drug-likeness (QED) is 0.581. The third kappa shape index (κ3) is 6.05. The van der Waals surface area contributed by atoms with Crippen LogP contribution in [-0.4, -0.2) is 30.4 Å². The zero-order chi connectivity index (χ0) is 18.9. The standard InChI is InChI=1S/C20H21NO5/c1-14(26-15(2)22)20(24)17-8-10-18(11-9-17)25-13-19(23)21-12-16-6-4-3-5-7-16/h3-11,14H,12-13H2,1-2H3,(H,21,23). The van der Waals surface area contributed by atoms with E-state index in [0.29, 0.717) is 17.9 Å². The Labute approximate surface area is 152 Å². The van der Waals surface area contributed by atoms with E-state index in [1.165, 1.54) is 13.8 Å². The van der Waals surface area contributed by atoms with Crippen LogP contribution in [0.1, 0.15) is 29.8 Å². The first-order valence-electron chi connectivity index (χ1n) is 8.20. The average Bonchev–Trinajstić information content (AvgIpc) is 2.65. The van der Waals surface area contributed by atoms with Crippen LogP contribution in [0.25, 0.3) is 0 Å². The lowest BCUT2D eigenvalue weighted by Crippen LogP contribution is -2.28. The Morgan fingerprint density at radius 3 is 2.27 bits per heavy atom. The summed E-state index contributed by atoms with van der Waals surface area (Å²) in [5.41, 5.74) is 1.41. The van der Waals surface area contributed by atoms with Gasteiger partial charge in [0.15, 0.2) is 12.7 Å². The van der Waals surface area contributed by atoms with E-state index < -0.39 is 12.1 Å². The number of esters is 1. The lowest BCUT2D eigenvalue weighted by molar-refractivity contribution is -0.143. The molecule has 26 heavy (non-hydrogen) atoms. The predicted octanol–water partition coefficient (Wildman–Crippen LogP) is 2.52. The van der Waals surface area contributed by atoms with Crippen molar-refractivity contribution < 1.29 is 23.9 Å². The van der Waals surface area contributed by atoms with E-state index in [1.54, 1.807) is 24.3 Å². The van der Waals surface area contributed by atoms with E-state index in [-0.39, 0.29) is 18.3 Å². The average molecular weight is 355 g/mol. The molecule has 0 aliphatic rings. The van der Waals surface area contributed by atoms with Gasteiger partial charge in [-0.1, -0.05) is 30.3 Å². The summed E-state index contributed by atoms with van der Waals surface area (Å²) < 4.78 is 10.3. The van der Waals surface area contributed by atoms with E-state index in [2.05, 4.69) is 5.32 Å². The first-order valence-corrected chi connectivity index (χ1v) is 8.20. The number of carbonyl (C=O) groups excluding carboxylic acids is 3. The van der Waals surface area contributed by atoms with Crippen molar-refractivity contribution in [3.8, 4) is 5.75 Å². The van der Waals surface area contributed by atoms with Gasteiger partial charge in [-0.05, 0) is 36.8 Å². The molecule has 0 radical (unpaired) electrons. The number of benzene rings is 2. The largest absolute Gasteiger partial charge is 0.484 e. The second-order valence-corrected chi connectivity index (χ2v) is 5.69. The van der Waals surface area contributed by atoms with Gasteiger partial charge in [0, 0.05) is 19.0 Å². The van der Waals surface area contributed by atoms with Crippen LogP contribution >= 0.6 is 0 Å². The molecule has 0 fully saturated rings. The number of hydrogen-bond acceptors (Lipinski definition) is 5. The zero-order valence-corrected chi connectivity index (χ0v) is 14.7. The fourth-order valence-electron chi connectivity index (χ4n) is 2.25. The van der Waals surface area contributed by atoms with Crippen molar-refractivity contribution in [1.82, 2.24) is 5.32 Å². The number of ether oxygens (including phenoxy) is 2. The fourth-order valence-corrected chi connectivity index (χ4v) is 2.25. The Balaban J connectivity index is 1.80. The van der Waals surface area contributed by atoms with E-state index in [1.807, 2.05) is 30.3 Å². The van der Waals surface area contributed by atoms with Gasteiger partial charge in [0.05, 0.1) is 0 Å². The first kappa shape index (κ1) is 19.2. The van der Waals surface area contributed by atoms with Crippen molar-refractivity contribution in [2.24, 2.45) is 0 Å². The minimum Gasteiger partial charge on any atom is -0.484 e. The van der Waals surface area contributed by atoms with Gasteiger partial charge in [-0.25, -0.2) is 0 Å². The normalized spacial score (nSPS) is 11.3. The number of Topliss-reactive ketones (excluding diaryl/α,β-unsaturated/α-hetero) is 1. The van der Waals surface area contributed by atoms with Crippen molar-refractivity contribution in [2.75, 3.05) is 6.61 Å². The molecule has 6 nitrogen and oxygen atoms in total. The molecule has 0 saturated heterocycles. The molecule has 0 aliphatic heterocycles. The summed E-state index contributed by atoms with van der Waals surface area (Å²) in [6, 6.07) is 15.9. The highest BCUT2D eigenvalue weighted by molar-refractivity contribution is 6.00. The summed E-state index contributed by atoms with van der Waals surface area (Å²) in [5.74, 6) is -0.575. The maximum atomic E-state index is 12.1. The highest BCUT2D eigenvalue weighted by Crippen LogP contribution is 2.14. The van der Waals surface area contributed by atoms with Crippen LogP contribution < -0.4 is 10.1 Å². The van der Waals surface area contributed by atoms with Crippen LogP contribution in [0.4, 0.5) is 0 Å². The smallest absolute Gasteiger partial charge is 0.303 e. The molecule has 0 aromatic heterocycles. The molecule has 1 amide bonds. The van der Waals surface area contributed by atoms with Crippen LogP contribution in [0.5, 0.6) is 5.75 Å². The molecule has 1 unspecified atom stereocenters. The number of carbonyl (C=O) groups is 3. The Bertz CT molecular complexity index is 756. The summed E-state index contributed by atoms with van der Waals surface area (Å²) in [6.45, 7) is 3.09. The van der Waals surface area contributed by atoms with Crippen molar-refractivity contribution >= 4 is 17.7 Å². The van der Waals surface area contributed by atoms with Crippen LogP contribution in [0.2, 0.25) is 0 Å². The SMILES string of the molecule is CC(=O)OC(C)C(=O)c1ccc(OCC(=O)NCc2ccccc2)cc1. The second-order valence-electron chi connectivity index (χ2n) is 5.69. The Morgan fingerprint density at radius 2 is 1.65 bits per heavy atom. The highest BCUT2D eigenvalue weighted by Gasteiger charge is 2.17. The minimum absolute atomic E-state index is 0.121. The molecule has 0 spiro atoms. The lowest BCUT2D eigenvalue weighted by atomic mass is 10.1. The van der Waals surface area contributed by atoms with Crippen molar-refractivity contribution in [3.63, 3.8) is 0 Å². The van der Waals surface area contributed by atoms with E-state index in [0.717, 1.165) is 5.56 Å². The molecule has 136 valence electrons. The molecule has 0 aliphatic carbocycles. The summed E-state index contributed by atoms with van der Waals surface area (Å²) in [4.78, 5) is 34.8. The summed E-state index contributed by atoms with van der Waals surface area (Å²) in [7, 11) is 0. The van der Waals surface area contributed by atoms with Gasteiger partial charge < -0.3 is 14.8 Å². The maximum Gasteiger partial charge on any atom is 0.303 e. The number of nitrogens with one attached hydrogen (secondary N) is 1. The van der Waals surface area contributed by atoms with Crippen molar-refractivity contribution in [3.05, 3.63) is 65.7 Å². The van der Waals surface area contributed by atoms with E-state index in [9.17, 15) is 14.4 Å². The Morgan fingerprint density at radius 1 is 1.00 bits per heavy atom. The topological polar surface area (TPSA) is 81.7 Å². The van der Waals surface area contributed by atoms with Crippen molar-refractivity contribution in [2.45, 2.75) is 26.5 Å². The van der Waals surface area contributed by atoms with Gasteiger partial charge in [0.25, 0.3) is 5.91 Å². The first-order chi connectivity index (χ1) is 12.5. The molecule has 2 aromatic rings. The molecule has 2 aromatic carbocycles. The van der Waals surface area contributed by atoms with Gasteiger partial charge in [0.1, 0.15) is 5.75 Å². The van der Waals surface area contributed by atoms with Gasteiger partial charge in [-0.3, -0.25) is 14.4 Å². The summed E-state index contributed by atoms with van der Waals surface area (Å²) in [6.07, 6.45) is -0.844. The number of ketones is 1.